The lowest BCUT2D eigenvalue weighted by Gasteiger charge is -2.26. The van der Waals surface area contributed by atoms with E-state index in [4.69, 9.17) is 17.3 Å². The molecule has 4 heteroatoms. The Kier molecular flexibility index (Phi) is 5.37. The number of nitrogens with one attached hydrogen (secondary N) is 1. The largest absolute Gasteiger partial charge is 0.330 e. The van der Waals surface area contributed by atoms with Crippen LogP contribution >= 0.6 is 11.6 Å². The van der Waals surface area contributed by atoms with Crippen LogP contribution in [0.2, 0.25) is 5.02 Å². The van der Waals surface area contributed by atoms with Crippen molar-refractivity contribution >= 4 is 11.6 Å². The lowest BCUT2D eigenvalue weighted by atomic mass is 9.84. The van der Waals surface area contributed by atoms with Crippen LogP contribution in [0.3, 0.4) is 0 Å². The third kappa shape index (κ3) is 4.26. The van der Waals surface area contributed by atoms with Gasteiger partial charge < -0.3 is 11.1 Å². The summed E-state index contributed by atoms with van der Waals surface area (Å²) in [5.41, 5.74) is 5.77. The maximum atomic E-state index is 13.7. The molecule has 0 aromatic heterocycles. The Labute approximate surface area is 107 Å². The highest BCUT2D eigenvalue weighted by Gasteiger charge is 2.23. The third-order valence-electron chi connectivity index (χ3n) is 2.78. The number of hydrogen-bond acceptors (Lipinski definition) is 2. The number of hydrogen-bond donors (Lipinski definition) is 2. The van der Waals surface area contributed by atoms with Crippen LogP contribution in [-0.4, -0.2) is 19.6 Å². The fourth-order valence-corrected chi connectivity index (χ4v) is 1.91. The highest BCUT2D eigenvalue weighted by molar-refractivity contribution is 6.30. The van der Waals surface area contributed by atoms with Crippen molar-refractivity contribution in [2.24, 2.45) is 5.73 Å². The van der Waals surface area contributed by atoms with Crippen molar-refractivity contribution in [3.05, 3.63) is 34.6 Å². The summed E-state index contributed by atoms with van der Waals surface area (Å²) in [6, 6.07) is 4.68. The van der Waals surface area contributed by atoms with Crippen LogP contribution in [0.25, 0.3) is 0 Å². The van der Waals surface area contributed by atoms with Gasteiger partial charge in [0.25, 0.3) is 0 Å². The summed E-state index contributed by atoms with van der Waals surface area (Å²) in [5, 5.41) is 3.85. The molecule has 0 bridgehead atoms. The lowest BCUT2D eigenvalue weighted by molar-refractivity contribution is 0.443. The molecule has 0 unspecified atom stereocenters. The van der Waals surface area contributed by atoms with Crippen molar-refractivity contribution in [2.75, 3.05) is 19.6 Å². The lowest BCUT2D eigenvalue weighted by Crippen LogP contribution is -2.34. The van der Waals surface area contributed by atoms with E-state index in [0.717, 1.165) is 13.0 Å². The SMILES string of the molecule is CC(C)(CNCCCN)c1cc(Cl)ccc1F. The van der Waals surface area contributed by atoms with Gasteiger partial charge in [-0.25, -0.2) is 4.39 Å². The van der Waals surface area contributed by atoms with Crippen molar-refractivity contribution < 1.29 is 4.39 Å². The zero-order valence-electron chi connectivity index (χ0n) is 10.4. The Bertz CT molecular complexity index is 366. The molecule has 96 valence electrons. The zero-order chi connectivity index (χ0) is 12.9. The van der Waals surface area contributed by atoms with E-state index in [1.165, 1.54) is 6.07 Å². The minimum Gasteiger partial charge on any atom is -0.330 e. The van der Waals surface area contributed by atoms with E-state index in [-0.39, 0.29) is 11.2 Å². The molecule has 0 radical (unpaired) electrons. The fourth-order valence-electron chi connectivity index (χ4n) is 1.74. The molecule has 1 rings (SSSR count). The fraction of sp³-hybridized carbons (Fsp3) is 0.538. The molecule has 0 aliphatic heterocycles. The Morgan fingerprint density at radius 3 is 2.76 bits per heavy atom. The van der Waals surface area contributed by atoms with Gasteiger partial charge in [-0.2, -0.15) is 0 Å². The Morgan fingerprint density at radius 2 is 2.12 bits per heavy atom. The summed E-state index contributed by atoms with van der Waals surface area (Å²) >= 11 is 5.90. The van der Waals surface area contributed by atoms with E-state index in [1.807, 2.05) is 13.8 Å². The van der Waals surface area contributed by atoms with Crippen LogP contribution in [0.4, 0.5) is 4.39 Å². The number of benzene rings is 1. The molecular formula is C13H20ClFN2. The molecule has 0 aliphatic carbocycles. The maximum absolute atomic E-state index is 13.7. The zero-order valence-corrected chi connectivity index (χ0v) is 11.1. The summed E-state index contributed by atoms with van der Waals surface area (Å²) in [6.45, 7) is 6.21. The Hall–Kier alpha value is -0.640. The van der Waals surface area contributed by atoms with Crippen LogP contribution in [0.1, 0.15) is 25.8 Å². The smallest absolute Gasteiger partial charge is 0.127 e. The molecule has 2 nitrogen and oxygen atoms in total. The minimum absolute atomic E-state index is 0.208. The predicted molar refractivity (Wildman–Crippen MR) is 71.0 cm³/mol. The normalized spacial score (nSPS) is 11.8. The summed E-state index contributed by atoms with van der Waals surface area (Å²) < 4.78 is 13.7. The molecule has 0 saturated heterocycles. The summed E-state index contributed by atoms with van der Waals surface area (Å²) in [6.07, 6.45) is 0.925. The highest BCUT2D eigenvalue weighted by atomic mass is 35.5. The quantitative estimate of drug-likeness (QED) is 0.770. The molecule has 3 N–H and O–H groups in total. The standard InChI is InChI=1S/C13H20ClFN2/c1-13(2,9-17-7-3-6-16)11-8-10(14)4-5-12(11)15/h4-5,8,17H,3,6-7,9,16H2,1-2H3. The van der Waals surface area contributed by atoms with Crippen molar-refractivity contribution in [1.82, 2.24) is 5.32 Å². The van der Waals surface area contributed by atoms with Crippen LogP contribution in [0, 0.1) is 5.82 Å². The van der Waals surface area contributed by atoms with E-state index in [1.54, 1.807) is 12.1 Å². The van der Waals surface area contributed by atoms with E-state index in [9.17, 15) is 4.39 Å². The van der Waals surface area contributed by atoms with E-state index in [2.05, 4.69) is 5.32 Å². The molecular weight excluding hydrogens is 239 g/mol. The van der Waals surface area contributed by atoms with Gasteiger partial charge in [-0.3, -0.25) is 0 Å². The van der Waals surface area contributed by atoms with Crippen LogP contribution in [0.5, 0.6) is 0 Å². The van der Waals surface area contributed by atoms with Gasteiger partial charge in [0, 0.05) is 17.0 Å². The summed E-state index contributed by atoms with van der Waals surface area (Å²) in [5.74, 6) is -0.208. The van der Waals surface area contributed by atoms with E-state index >= 15 is 0 Å². The van der Waals surface area contributed by atoms with Crippen molar-refractivity contribution in [2.45, 2.75) is 25.7 Å². The first-order chi connectivity index (χ1) is 7.97. The maximum Gasteiger partial charge on any atom is 0.127 e. The molecule has 17 heavy (non-hydrogen) atoms. The topological polar surface area (TPSA) is 38.0 Å². The van der Waals surface area contributed by atoms with Gasteiger partial charge in [-0.05, 0) is 43.3 Å². The minimum atomic E-state index is -0.288. The average molecular weight is 259 g/mol. The summed E-state index contributed by atoms with van der Waals surface area (Å²) in [7, 11) is 0. The molecule has 0 amide bonds. The second kappa shape index (κ2) is 6.34. The molecule has 0 saturated carbocycles. The van der Waals surface area contributed by atoms with Gasteiger partial charge in [0.2, 0.25) is 0 Å². The molecule has 0 spiro atoms. The molecule has 1 aromatic carbocycles. The Morgan fingerprint density at radius 1 is 1.41 bits per heavy atom. The molecule has 0 aliphatic rings. The van der Waals surface area contributed by atoms with Crippen LogP contribution in [0.15, 0.2) is 18.2 Å². The second-order valence-electron chi connectivity index (χ2n) is 4.83. The van der Waals surface area contributed by atoms with Crippen LogP contribution < -0.4 is 11.1 Å². The number of rotatable bonds is 6. The van der Waals surface area contributed by atoms with E-state index in [0.29, 0.717) is 23.7 Å². The first-order valence-corrected chi connectivity index (χ1v) is 6.21. The molecule has 0 heterocycles. The average Bonchev–Trinajstić information content (AvgIpc) is 2.28. The molecule has 0 atom stereocenters. The van der Waals surface area contributed by atoms with Gasteiger partial charge in [-0.15, -0.1) is 0 Å². The first-order valence-electron chi connectivity index (χ1n) is 5.83. The third-order valence-corrected chi connectivity index (χ3v) is 3.02. The number of nitrogens with two attached hydrogens (primary N) is 1. The molecule has 1 aromatic rings. The Balaban J connectivity index is 2.71. The predicted octanol–water partition coefficient (Wildman–Crippen LogP) is 2.70. The van der Waals surface area contributed by atoms with Crippen LogP contribution in [-0.2, 0) is 5.41 Å². The van der Waals surface area contributed by atoms with Gasteiger partial charge in [0.1, 0.15) is 5.82 Å². The second-order valence-corrected chi connectivity index (χ2v) is 5.26. The van der Waals surface area contributed by atoms with Crippen molar-refractivity contribution in [3.63, 3.8) is 0 Å². The van der Waals surface area contributed by atoms with Gasteiger partial charge >= 0.3 is 0 Å². The van der Waals surface area contributed by atoms with E-state index < -0.39 is 0 Å². The van der Waals surface area contributed by atoms with Gasteiger partial charge in [-0.1, -0.05) is 25.4 Å². The van der Waals surface area contributed by atoms with Crippen molar-refractivity contribution in [3.8, 4) is 0 Å². The first kappa shape index (κ1) is 14.4. The number of halogens is 2. The monoisotopic (exact) mass is 258 g/mol. The van der Waals surface area contributed by atoms with Crippen molar-refractivity contribution in [1.29, 1.82) is 0 Å². The summed E-state index contributed by atoms with van der Waals surface area (Å²) in [4.78, 5) is 0. The molecule has 0 fully saturated rings. The van der Waals surface area contributed by atoms with Gasteiger partial charge in [0.05, 0.1) is 0 Å². The highest BCUT2D eigenvalue weighted by Crippen LogP contribution is 2.27. The van der Waals surface area contributed by atoms with Gasteiger partial charge in [0.15, 0.2) is 0 Å².